The van der Waals surface area contributed by atoms with Gasteiger partial charge >= 0.3 is 6.03 Å². The number of benzene rings is 1. The van der Waals surface area contributed by atoms with Gasteiger partial charge < -0.3 is 20.0 Å². The summed E-state index contributed by atoms with van der Waals surface area (Å²) < 4.78 is 5.54. The zero-order valence-electron chi connectivity index (χ0n) is 14.9. The van der Waals surface area contributed by atoms with Gasteiger partial charge in [-0.25, -0.2) is 9.78 Å². The Morgan fingerprint density at radius 3 is 2.84 bits per heavy atom. The average molecular weight is 342 g/mol. The van der Waals surface area contributed by atoms with Gasteiger partial charge in [0.1, 0.15) is 5.76 Å². The molecule has 25 heavy (non-hydrogen) atoms. The first kappa shape index (κ1) is 17.5. The Morgan fingerprint density at radius 1 is 1.36 bits per heavy atom. The third-order valence-electron chi connectivity index (χ3n) is 4.45. The smallest absolute Gasteiger partial charge is 0.319 e. The molecule has 134 valence electrons. The van der Waals surface area contributed by atoms with Crippen molar-refractivity contribution < 1.29 is 9.21 Å². The fraction of sp³-hybridized carbons (Fsp3) is 0.474. The molecule has 1 fully saturated rings. The second-order valence-electron chi connectivity index (χ2n) is 6.57. The summed E-state index contributed by atoms with van der Waals surface area (Å²) in [6.07, 6.45) is 4.87. The van der Waals surface area contributed by atoms with E-state index in [1.54, 1.807) is 6.20 Å². The molecule has 1 aromatic carbocycles. The van der Waals surface area contributed by atoms with Gasteiger partial charge in [0.25, 0.3) is 0 Å². The van der Waals surface area contributed by atoms with E-state index in [4.69, 9.17) is 4.42 Å². The van der Waals surface area contributed by atoms with Gasteiger partial charge in [0, 0.05) is 30.4 Å². The number of rotatable bonds is 5. The molecule has 2 N–H and O–H groups in total. The number of nitrogens with zero attached hydrogens (tertiary/aromatic N) is 2. The van der Waals surface area contributed by atoms with Crippen molar-refractivity contribution in [1.82, 2.24) is 15.2 Å². The van der Waals surface area contributed by atoms with Crippen LogP contribution in [0.3, 0.4) is 0 Å². The molecule has 1 saturated heterocycles. The molecule has 1 aromatic heterocycles. The second-order valence-corrected chi connectivity index (χ2v) is 6.57. The highest BCUT2D eigenvalue weighted by Crippen LogP contribution is 2.22. The molecule has 0 spiro atoms. The molecule has 1 aliphatic heterocycles. The van der Waals surface area contributed by atoms with Crippen LogP contribution in [-0.4, -0.2) is 41.6 Å². The molecule has 6 nitrogen and oxygen atoms in total. The van der Waals surface area contributed by atoms with Gasteiger partial charge in [-0.05, 0) is 50.9 Å². The van der Waals surface area contributed by atoms with Crippen molar-refractivity contribution in [3.05, 3.63) is 36.2 Å². The van der Waals surface area contributed by atoms with Crippen molar-refractivity contribution >= 4 is 11.7 Å². The third-order valence-corrected chi connectivity index (χ3v) is 4.45. The van der Waals surface area contributed by atoms with Gasteiger partial charge in [0.05, 0.1) is 6.20 Å². The van der Waals surface area contributed by atoms with Gasteiger partial charge in [0.2, 0.25) is 5.89 Å². The Kier molecular flexibility index (Phi) is 5.71. The number of likely N-dealkylation sites (tertiary alicyclic amines) is 1. The summed E-state index contributed by atoms with van der Waals surface area (Å²) in [5.41, 5.74) is 1.58. The van der Waals surface area contributed by atoms with Crippen molar-refractivity contribution in [3.8, 4) is 11.5 Å². The molecule has 2 aromatic rings. The number of aromatic nitrogens is 1. The van der Waals surface area contributed by atoms with Crippen LogP contribution < -0.4 is 10.6 Å². The number of hydrogen-bond acceptors (Lipinski definition) is 4. The van der Waals surface area contributed by atoms with E-state index < -0.39 is 0 Å². The van der Waals surface area contributed by atoms with Crippen LogP contribution in [0.2, 0.25) is 0 Å². The zero-order valence-corrected chi connectivity index (χ0v) is 14.9. The molecular formula is C19H26N4O2. The van der Waals surface area contributed by atoms with Gasteiger partial charge in [-0.3, -0.25) is 0 Å². The Morgan fingerprint density at radius 2 is 2.16 bits per heavy atom. The largest absolute Gasteiger partial charge is 0.441 e. The molecule has 6 heteroatoms. The number of urea groups is 1. The van der Waals surface area contributed by atoms with Crippen LogP contribution >= 0.6 is 0 Å². The number of amides is 2. The molecule has 0 radical (unpaired) electrons. The number of hydrogen-bond donors (Lipinski definition) is 2. The minimum atomic E-state index is -0.158. The molecular weight excluding hydrogens is 316 g/mol. The first-order valence-corrected chi connectivity index (χ1v) is 8.97. The summed E-state index contributed by atoms with van der Waals surface area (Å²) in [4.78, 5) is 18.9. The lowest BCUT2D eigenvalue weighted by molar-refractivity contribution is 0.196. The quantitative estimate of drug-likeness (QED) is 0.870. The summed E-state index contributed by atoms with van der Waals surface area (Å²) >= 11 is 0. The number of carbonyl (C=O) groups excluding carboxylic acids is 1. The lowest BCUT2D eigenvalue weighted by Crippen LogP contribution is -2.46. The van der Waals surface area contributed by atoms with E-state index in [0.29, 0.717) is 5.89 Å². The van der Waals surface area contributed by atoms with Crippen LogP contribution in [0.15, 0.2) is 34.9 Å². The van der Waals surface area contributed by atoms with Crippen LogP contribution in [0.5, 0.6) is 0 Å². The maximum Gasteiger partial charge on any atom is 0.319 e. The van der Waals surface area contributed by atoms with E-state index in [0.717, 1.165) is 49.5 Å². The lowest BCUT2D eigenvalue weighted by Gasteiger charge is -2.32. The zero-order chi connectivity index (χ0) is 17.6. The highest BCUT2D eigenvalue weighted by Gasteiger charge is 2.20. The monoisotopic (exact) mass is 342 g/mol. The van der Waals surface area contributed by atoms with Gasteiger partial charge in [-0.15, -0.1) is 0 Å². The van der Waals surface area contributed by atoms with E-state index in [1.165, 1.54) is 6.42 Å². The van der Waals surface area contributed by atoms with E-state index in [1.807, 2.05) is 31.2 Å². The maximum atomic E-state index is 12.3. The molecule has 3 rings (SSSR count). The highest BCUT2D eigenvalue weighted by atomic mass is 16.4. The van der Waals surface area contributed by atoms with Crippen LogP contribution in [0.25, 0.3) is 11.5 Å². The predicted molar refractivity (Wildman–Crippen MR) is 98.6 cm³/mol. The van der Waals surface area contributed by atoms with Crippen molar-refractivity contribution in [2.75, 3.05) is 25.0 Å². The Hall–Kier alpha value is -2.34. The van der Waals surface area contributed by atoms with E-state index >= 15 is 0 Å². The van der Waals surface area contributed by atoms with Crippen LogP contribution in [0.1, 0.15) is 31.9 Å². The first-order valence-electron chi connectivity index (χ1n) is 8.97. The molecule has 0 unspecified atom stereocenters. The summed E-state index contributed by atoms with van der Waals surface area (Å²) in [6.45, 7) is 7.31. The van der Waals surface area contributed by atoms with Crippen LogP contribution in [0.4, 0.5) is 10.5 Å². The van der Waals surface area contributed by atoms with Gasteiger partial charge in [-0.2, -0.15) is 0 Å². The van der Waals surface area contributed by atoms with E-state index in [-0.39, 0.29) is 12.1 Å². The predicted octanol–water partition coefficient (Wildman–Crippen LogP) is 3.65. The summed E-state index contributed by atoms with van der Waals surface area (Å²) in [5, 5.41) is 5.99. The maximum absolute atomic E-state index is 12.3. The second kappa shape index (κ2) is 8.16. The van der Waals surface area contributed by atoms with Crippen molar-refractivity contribution in [2.24, 2.45) is 0 Å². The van der Waals surface area contributed by atoms with E-state index in [9.17, 15) is 4.79 Å². The SMILES string of the molecule is CCCN1CCC(NC(=O)Nc2cccc(-c3ncc(C)o3)c2)CC1. The number of aryl methyl sites for hydroxylation is 1. The highest BCUT2D eigenvalue weighted by molar-refractivity contribution is 5.90. The molecule has 0 saturated carbocycles. The molecule has 1 aliphatic rings. The molecule has 2 amide bonds. The topological polar surface area (TPSA) is 70.4 Å². The number of piperidine rings is 1. The lowest BCUT2D eigenvalue weighted by atomic mass is 10.1. The normalized spacial score (nSPS) is 15.9. The molecule has 2 heterocycles. The number of nitrogens with one attached hydrogen (secondary N) is 2. The Balaban J connectivity index is 1.53. The summed E-state index contributed by atoms with van der Waals surface area (Å²) in [7, 11) is 0. The fourth-order valence-corrected chi connectivity index (χ4v) is 3.19. The van der Waals surface area contributed by atoms with Crippen LogP contribution in [0, 0.1) is 6.92 Å². The third kappa shape index (κ3) is 4.82. The molecule has 0 aliphatic carbocycles. The first-order chi connectivity index (χ1) is 12.1. The van der Waals surface area contributed by atoms with Gasteiger partial charge in [-0.1, -0.05) is 13.0 Å². The summed E-state index contributed by atoms with van der Waals surface area (Å²) in [6, 6.07) is 7.61. The Bertz CT molecular complexity index is 705. The molecule has 0 atom stereocenters. The number of anilines is 1. The standard InChI is InChI=1S/C19H26N4O2/c1-3-9-23-10-7-16(8-11-23)21-19(24)22-17-6-4-5-15(12-17)18-20-13-14(2)25-18/h4-6,12-13,16H,3,7-11H2,1-2H3,(H2,21,22,24). The number of carbonyl (C=O) groups is 1. The Labute approximate surface area is 148 Å². The summed E-state index contributed by atoms with van der Waals surface area (Å²) in [5.74, 6) is 1.32. The van der Waals surface area contributed by atoms with Crippen LogP contribution in [-0.2, 0) is 0 Å². The van der Waals surface area contributed by atoms with E-state index in [2.05, 4.69) is 27.4 Å². The van der Waals surface area contributed by atoms with Crippen molar-refractivity contribution in [1.29, 1.82) is 0 Å². The fourth-order valence-electron chi connectivity index (χ4n) is 3.19. The minimum absolute atomic E-state index is 0.158. The van der Waals surface area contributed by atoms with Crippen molar-refractivity contribution in [2.45, 2.75) is 39.2 Å². The molecule has 0 bridgehead atoms. The average Bonchev–Trinajstić information content (AvgIpc) is 3.04. The number of oxazole rings is 1. The minimum Gasteiger partial charge on any atom is -0.441 e. The van der Waals surface area contributed by atoms with Gasteiger partial charge in [0.15, 0.2) is 0 Å². The van der Waals surface area contributed by atoms with Crippen molar-refractivity contribution in [3.63, 3.8) is 0 Å².